The Labute approximate surface area is 94.3 Å². The molecule has 0 amide bonds. The van der Waals surface area contributed by atoms with Gasteiger partial charge in [-0.1, -0.05) is 22.9 Å². The molecule has 1 atom stereocenters. The molecule has 1 aliphatic heterocycles. The van der Waals surface area contributed by atoms with E-state index in [1.807, 2.05) is 0 Å². The van der Waals surface area contributed by atoms with Crippen molar-refractivity contribution in [1.82, 2.24) is 0 Å². The van der Waals surface area contributed by atoms with Crippen molar-refractivity contribution >= 4 is 25.8 Å². The minimum atomic E-state index is -2.83. The van der Waals surface area contributed by atoms with Gasteiger partial charge < -0.3 is 4.74 Å². The van der Waals surface area contributed by atoms with Crippen LogP contribution >= 0.6 is 15.9 Å². The quantitative estimate of drug-likeness (QED) is 0.721. The SMILES string of the molecule is CCS(=O)(=O)CCC1(CBr)CCOC1. The molecule has 0 N–H and O–H groups in total. The zero-order chi connectivity index (χ0) is 10.7. The van der Waals surface area contributed by atoms with Crippen molar-refractivity contribution in [1.29, 1.82) is 0 Å². The molecular weight excluding hydrogens is 268 g/mol. The number of sulfone groups is 1. The molecule has 0 bridgehead atoms. The summed E-state index contributed by atoms with van der Waals surface area (Å²) in [5.41, 5.74) is 0.0578. The summed E-state index contributed by atoms with van der Waals surface area (Å²) in [6.07, 6.45) is 1.69. The monoisotopic (exact) mass is 284 g/mol. The molecule has 5 heteroatoms. The van der Waals surface area contributed by atoms with Crippen LogP contribution in [0.25, 0.3) is 0 Å². The summed E-state index contributed by atoms with van der Waals surface area (Å²) in [7, 11) is -2.83. The maximum absolute atomic E-state index is 11.4. The molecule has 14 heavy (non-hydrogen) atoms. The molecule has 0 aromatic carbocycles. The average molecular weight is 285 g/mol. The molecule has 1 fully saturated rings. The van der Waals surface area contributed by atoms with Gasteiger partial charge in [0.1, 0.15) is 9.84 Å². The van der Waals surface area contributed by atoms with E-state index in [4.69, 9.17) is 4.74 Å². The van der Waals surface area contributed by atoms with Crippen LogP contribution < -0.4 is 0 Å². The highest BCUT2D eigenvalue weighted by molar-refractivity contribution is 9.09. The fourth-order valence-corrected chi connectivity index (χ4v) is 3.29. The number of rotatable bonds is 5. The van der Waals surface area contributed by atoms with Crippen molar-refractivity contribution in [3.63, 3.8) is 0 Å². The lowest BCUT2D eigenvalue weighted by atomic mass is 9.87. The lowest BCUT2D eigenvalue weighted by Gasteiger charge is -2.24. The summed E-state index contributed by atoms with van der Waals surface area (Å²) >= 11 is 3.45. The van der Waals surface area contributed by atoms with E-state index in [0.29, 0.717) is 18.8 Å². The average Bonchev–Trinajstić information content (AvgIpc) is 2.65. The minimum Gasteiger partial charge on any atom is -0.381 e. The van der Waals surface area contributed by atoms with Crippen molar-refractivity contribution in [2.24, 2.45) is 5.41 Å². The zero-order valence-electron chi connectivity index (χ0n) is 8.46. The van der Waals surface area contributed by atoms with E-state index in [2.05, 4.69) is 15.9 Å². The predicted molar refractivity (Wildman–Crippen MR) is 60.6 cm³/mol. The van der Waals surface area contributed by atoms with Crippen LogP contribution in [0.5, 0.6) is 0 Å². The second-order valence-electron chi connectivity index (χ2n) is 3.92. The highest BCUT2D eigenvalue weighted by Crippen LogP contribution is 2.34. The predicted octanol–water partition coefficient (Wildman–Crippen LogP) is 1.61. The molecule has 0 radical (unpaired) electrons. The Balaban J connectivity index is 2.50. The Bertz CT molecular complexity index is 268. The summed E-state index contributed by atoms with van der Waals surface area (Å²) in [6.45, 7) is 3.15. The second kappa shape index (κ2) is 4.94. The normalized spacial score (nSPS) is 28.1. The summed E-state index contributed by atoms with van der Waals surface area (Å²) in [6, 6.07) is 0. The van der Waals surface area contributed by atoms with Crippen LogP contribution in [0.2, 0.25) is 0 Å². The Hall–Kier alpha value is 0.390. The van der Waals surface area contributed by atoms with Crippen molar-refractivity contribution in [2.75, 3.05) is 30.0 Å². The van der Waals surface area contributed by atoms with E-state index >= 15 is 0 Å². The molecule has 84 valence electrons. The number of halogens is 1. The van der Waals surface area contributed by atoms with Gasteiger partial charge in [0.25, 0.3) is 0 Å². The molecule has 0 spiro atoms. The molecule has 1 aliphatic rings. The number of alkyl halides is 1. The molecule has 0 aromatic rings. The highest BCUT2D eigenvalue weighted by Gasteiger charge is 2.34. The smallest absolute Gasteiger partial charge is 0.150 e. The highest BCUT2D eigenvalue weighted by atomic mass is 79.9. The summed E-state index contributed by atoms with van der Waals surface area (Å²) in [4.78, 5) is 0. The maximum Gasteiger partial charge on any atom is 0.150 e. The first kappa shape index (κ1) is 12.5. The van der Waals surface area contributed by atoms with Gasteiger partial charge in [-0.15, -0.1) is 0 Å². The third-order valence-electron chi connectivity index (χ3n) is 2.85. The van der Waals surface area contributed by atoms with E-state index in [1.54, 1.807) is 6.92 Å². The van der Waals surface area contributed by atoms with Crippen molar-refractivity contribution in [3.05, 3.63) is 0 Å². The summed E-state index contributed by atoms with van der Waals surface area (Å²) in [5.74, 6) is 0.532. The van der Waals surface area contributed by atoms with Gasteiger partial charge in [0.2, 0.25) is 0 Å². The third kappa shape index (κ3) is 3.21. The van der Waals surface area contributed by atoms with Crippen LogP contribution in [0, 0.1) is 5.41 Å². The van der Waals surface area contributed by atoms with Crippen LogP contribution in [-0.2, 0) is 14.6 Å². The number of hydrogen-bond donors (Lipinski definition) is 0. The zero-order valence-corrected chi connectivity index (χ0v) is 10.9. The van der Waals surface area contributed by atoms with Crippen LogP contribution in [0.15, 0.2) is 0 Å². The Morgan fingerprint density at radius 2 is 2.21 bits per heavy atom. The molecule has 0 aromatic heterocycles. The first-order chi connectivity index (χ1) is 6.54. The lowest BCUT2D eigenvalue weighted by molar-refractivity contribution is 0.160. The van der Waals surface area contributed by atoms with E-state index in [9.17, 15) is 8.42 Å². The molecule has 0 aliphatic carbocycles. The van der Waals surface area contributed by atoms with E-state index in [0.717, 1.165) is 18.4 Å². The fourth-order valence-electron chi connectivity index (χ4n) is 1.54. The molecule has 1 unspecified atom stereocenters. The van der Waals surface area contributed by atoms with Crippen LogP contribution in [0.3, 0.4) is 0 Å². The van der Waals surface area contributed by atoms with Gasteiger partial charge in [0.05, 0.1) is 12.4 Å². The Morgan fingerprint density at radius 1 is 1.50 bits per heavy atom. The van der Waals surface area contributed by atoms with Crippen molar-refractivity contribution in [3.8, 4) is 0 Å². The molecule has 1 heterocycles. The van der Waals surface area contributed by atoms with E-state index in [-0.39, 0.29) is 11.2 Å². The topological polar surface area (TPSA) is 43.4 Å². The van der Waals surface area contributed by atoms with Crippen molar-refractivity contribution < 1.29 is 13.2 Å². The standard InChI is InChI=1S/C9H17BrO3S/c1-2-14(11,12)6-4-9(7-10)3-5-13-8-9/h2-8H2,1H3. The molecule has 0 saturated carbocycles. The summed E-state index contributed by atoms with van der Waals surface area (Å²) < 4.78 is 28.0. The largest absolute Gasteiger partial charge is 0.381 e. The third-order valence-corrected chi connectivity index (χ3v) is 5.75. The lowest BCUT2D eigenvalue weighted by Crippen LogP contribution is -2.26. The van der Waals surface area contributed by atoms with Crippen LogP contribution in [0.1, 0.15) is 19.8 Å². The van der Waals surface area contributed by atoms with Gasteiger partial charge in [0, 0.05) is 23.1 Å². The Kier molecular flexibility index (Phi) is 4.40. The molecule has 1 saturated heterocycles. The number of ether oxygens (including phenoxy) is 1. The van der Waals surface area contributed by atoms with Gasteiger partial charge in [0.15, 0.2) is 0 Å². The van der Waals surface area contributed by atoms with Gasteiger partial charge in [-0.05, 0) is 12.8 Å². The Morgan fingerprint density at radius 3 is 2.64 bits per heavy atom. The second-order valence-corrected chi connectivity index (χ2v) is 6.96. The van der Waals surface area contributed by atoms with Gasteiger partial charge in [-0.3, -0.25) is 0 Å². The number of hydrogen-bond acceptors (Lipinski definition) is 3. The molecule has 1 rings (SSSR count). The fraction of sp³-hybridized carbons (Fsp3) is 1.00. The molecule has 3 nitrogen and oxygen atoms in total. The van der Waals surface area contributed by atoms with Crippen LogP contribution in [-0.4, -0.2) is 38.5 Å². The van der Waals surface area contributed by atoms with Gasteiger partial charge in [-0.25, -0.2) is 8.42 Å². The first-order valence-electron chi connectivity index (χ1n) is 4.88. The van der Waals surface area contributed by atoms with E-state index in [1.165, 1.54) is 0 Å². The maximum atomic E-state index is 11.4. The van der Waals surface area contributed by atoms with Crippen molar-refractivity contribution in [2.45, 2.75) is 19.8 Å². The van der Waals surface area contributed by atoms with E-state index < -0.39 is 9.84 Å². The summed E-state index contributed by atoms with van der Waals surface area (Å²) in [5, 5.41) is 0.833. The van der Waals surface area contributed by atoms with Crippen LogP contribution in [0.4, 0.5) is 0 Å². The first-order valence-corrected chi connectivity index (χ1v) is 7.82. The van der Waals surface area contributed by atoms with Gasteiger partial charge >= 0.3 is 0 Å². The van der Waals surface area contributed by atoms with Gasteiger partial charge in [-0.2, -0.15) is 0 Å². The molecular formula is C9H17BrO3S. The minimum absolute atomic E-state index is 0.0578.